The number of benzene rings is 3. The molecule has 0 aliphatic carbocycles. The molecular weight excluding hydrogens is 326 g/mol. The van der Waals surface area contributed by atoms with Gasteiger partial charge in [0.15, 0.2) is 0 Å². The van der Waals surface area contributed by atoms with Gasteiger partial charge in [-0.25, -0.2) is 0 Å². The van der Waals surface area contributed by atoms with Crippen LogP contribution in [0.15, 0.2) is 71.2 Å². The van der Waals surface area contributed by atoms with Crippen LogP contribution < -0.4 is 5.32 Å². The number of carbonyl (C=O) groups is 1. The summed E-state index contributed by atoms with van der Waals surface area (Å²) in [5, 5.41) is 5.26. The second-order valence-corrected chi connectivity index (χ2v) is 5.83. The van der Waals surface area contributed by atoms with Crippen LogP contribution in [0.4, 0.5) is 5.69 Å². The van der Waals surface area contributed by atoms with Crippen LogP contribution in [0, 0.1) is 0 Å². The summed E-state index contributed by atoms with van der Waals surface area (Å²) in [5.41, 5.74) is 1.82. The lowest BCUT2D eigenvalue weighted by Crippen LogP contribution is -2.14. The van der Waals surface area contributed by atoms with Gasteiger partial charge < -0.3 is 5.32 Å². The Hall–Kier alpha value is -2.13. The van der Waals surface area contributed by atoms with E-state index in [1.807, 2.05) is 42.5 Å². The van der Waals surface area contributed by atoms with Gasteiger partial charge in [-0.15, -0.1) is 0 Å². The minimum Gasteiger partial charge on any atom is -0.326 e. The van der Waals surface area contributed by atoms with E-state index in [-0.39, 0.29) is 5.91 Å². The predicted octanol–water partition coefficient (Wildman–Crippen LogP) is 4.78. The van der Waals surface area contributed by atoms with Crippen LogP contribution in [0.25, 0.3) is 10.8 Å². The average molecular weight is 340 g/mol. The molecule has 3 aromatic carbocycles. The van der Waals surface area contributed by atoms with E-state index in [1.165, 1.54) is 5.39 Å². The maximum absolute atomic E-state index is 12.1. The van der Waals surface area contributed by atoms with Crippen LogP contribution in [-0.2, 0) is 11.2 Å². The minimum atomic E-state index is -0.0108. The van der Waals surface area contributed by atoms with E-state index >= 15 is 0 Å². The Morgan fingerprint density at radius 1 is 0.905 bits per heavy atom. The molecule has 0 aliphatic heterocycles. The summed E-state index contributed by atoms with van der Waals surface area (Å²) < 4.78 is 0.950. The largest absolute Gasteiger partial charge is 0.326 e. The van der Waals surface area contributed by atoms with Crippen LogP contribution in [0.1, 0.15) is 5.56 Å². The molecule has 0 unspecified atom stereocenters. The highest BCUT2D eigenvalue weighted by Gasteiger charge is 2.05. The Labute approximate surface area is 131 Å². The molecule has 0 heterocycles. The lowest BCUT2D eigenvalue weighted by molar-refractivity contribution is -0.115. The van der Waals surface area contributed by atoms with Crippen molar-refractivity contribution in [1.82, 2.24) is 0 Å². The highest BCUT2D eigenvalue weighted by Crippen LogP contribution is 2.18. The van der Waals surface area contributed by atoms with Crippen LogP contribution in [0.3, 0.4) is 0 Å². The molecule has 0 spiro atoms. The average Bonchev–Trinajstić information content (AvgIpc) is 2.47. The van der Waals surface area contributed by atoms with Crippen molar-refractivity contribution in [1.29, 1.82) is 0 Å². The Morgan fingerprint density at radius 2 is 1.71 bits per heavy atom. The lowest BCUT2D eigenvalue weighted by atomic mass is 10.0. The van der Waals surface area contributed by atoms with Crippen molar-refractivity contribution in [3.8, 4) is 0 Å². The van der Waals surface area contributed by atoms with Crippen molar-refractivity contribution in [2.75, 3.05) is 5.32 Å². The fraction of sp³-hybridized carbons (Fsp3) is 0.0556. The highest BCUT2D eigenvalue weighted by molar-refractivity contribution is 9.10. The molecule has 3 rings (SSSR count). The Morgan fingerprint density at radius 3 is 2.52 bits per heavy atom. The van der Waals surface area contributed by atoms with E-state index in [2.05, 4.69) is 45.5 Å². The van der Waals surface area contributed by atoms with Gasteiger partial charge in [-0.3, -0.25) is 4.79 Å². The van der Waals surface area contributed by atoms with Crippen LogP contribution in [-0.4, -0.2) is 5.91 Å². The molecule has 0 aromatic heterocycles. The zero-order chi connectivity index (χ0) is 14.7. The normalized spacial score (nSPS) is 10.5. The first-order chi connectivity index (χ1) is 10.2. The Bertz CT molecular complexity index is 798. The molecule has 1 N–H and O–H groups in total. The molecule has 0 saturated carbocycles. The molecule has 21 heavy (non-hydrogen) atoms. The van der Waals surface area contributed by atoms with E-state index in [0.717, 1.165) is 21.1 Å². The summed E-state index contributed by atoms with van der Waals surface area (Å²) in [6, 6.07) is 21.9. The molecule has 0 radical (unpaired) electrons. The van der Waals surface area contributed by atoms with Gasteiger partial charge in [-0.05, 0) is 34.5 Å². The molecule has 0 aliphatic rings. The third kappa shape index (κ3) is 3.50. The molecule has 1 amide bonds. The second kappa shape index (κ2) is 6.10. The third-order valence-corrected chi connectivity index (χ3v) is 3.78. The number of amides is 1. The van der Waals surface area contributed by atoms with Gasteiger partial charge in [0.2, 0.25) is 5.91 Å². The third-order valence-electron chi connectivity index (χ3n) is 3.29. The zero-order valence-corrected chi connectivity index (χ0v) is 12.9. The Balaban J connectivity index is 1.74. The van der Waals surface area contributed by atoms with Gasteiger partial charge in [-0.1, -0.05) is 64.5 Å². The summed E-state index contributed by atoms with van der Waals surface area (Å²) in [6.45, 7) is 0. The standard InChI is InChI=1S/C18H14BrNO/c19-16-6-3-7-17(12-16)20-18(21)11-13-8-9-14-4-1-2-5-15(14)10-13/h1-10,12H,11H2,(H,20,21). The first kappa shape index (κ1) is 13.8. The monoisotopic (exact) mass is 339 g/mol. The number of anilines is 1. The molecule has 3 heteroatoms. The van der Waals surface area contributed by atoms with E-state index in [1.54, 1.807) is 0 Å². The van der Waals surface area contributed by atoms with E-state index in [4.69, 9.17) is 0 Å². The summed E-state index contributed by atoms with van der Waals surface area (Å²) in [7, 11) is 0. The minimum absolute atomic E-state index is 0.0108. The first-order valence-corrected chi connectivity index (χ1v) is 7.53. The summed E-state index contributed by atoms with van der Waals surface area (Å²) in [4.78, 5) is 12.1. The highest BCUT2D eigenvalue weighted by atomic mass is 79.9. The summed E-state index contributed by atoms with van der Waals surface area (Å²) in [5.74, 6) is -0.0108. The summed E-state index contributed by atoms with van der Waals surface area (Å²) in [6.07, 6.45) is 0.372. The topological polar surface area (TPSA) is 29.1 Å². The molecule has 0 saturated heterocycles. The van der Waals surface area contributed by atoms with Crippen molar-refractivity contribution in [3.63, 3.8) is 0 Å². The molecule has 0 bridgehead atoms. The smallest absolute Gasteiger partial charge is 0.228 e. The number of hydrogen-bond acceptors (Lipinski definition) is 1. The van der Waals surface area contributed by atoms with E-state index in [9.17, 15) is 4.79 Å². The first-order valence-electron chi connectivity index (χ1n) is 6.74. The fourth-order valence-corrected chi connectivity index (χ4v) is 2.70. The van der Waals surface area contributed by atoms with E-state index < -0.39 is 0 Å². The number of fused-ring (bicyclic) bond motifs is 1. The molecule has 0 fully saturated rings. The zero-order valence-electron chi connectivity index (χ0n) is 11.3. The quantitative estimate of drug-likeness (QED) is 0.730. The van der Waals surface area contributed by atoms with Crippen LogP contribution >= 0.6 is 15.9 Å². The SMILES string of the molecule is O=C(Cc1ccc2ccccc2c1)Nc1cccc(Br)c1. The van der Waals surface area contributed by atoms with Crippen molar-refractivity contribution < 1.29 is 4.79 Å². The number of halogens is 1. The van der Waals surface area contributed by atoms with Crippen molar-refractivity contribution in [3.05, 3.63) is 76.8 Å². The maximum Gasteiger partial charge on any atom is 0.228 e. The predicted molar refractivity (Wildman–Crippen MR) is 90.4 cm³/mol. The molecule has 2 nitrogen and oxygen atoms in total. The second-order valence-electron chi connectivity index (χ2n) is 4.92. The van der Waals surface area contributed by atoms with Gasteiger partial charge in [0.1, 0.15) is 0 Å². The number of hydrogen-bond donors (Lipinski definition) is 1. The molecule has 0 atom stereocenters. The van der Waals surface area contributed by atoms with Gasteiger partial charge in [0, 0.05) is 10.2 Å². The van der Waals surface area contributed by atoms with Gasteiger partial charge >= 0.3 is 0 Å². The Kier molecular flexibility index (Phi) is 4.02. The molecule has 104 valence electrons. The van der Waals surface area contributed by atoms with Crippen LogP contribution in [0.5, 0.6) is 0 Å². The lowest BCUT2D eigenvalue weighted by Gasteiger charge is -2.06. The summed E-state index contributed by atoms with van der Waals surface area (Å²) >= 11 is 3.39. The van der Waals surface area contributed by atoms with E-state index in [0.29, 0.717) is 6.42 Å². The maximum atomic E-state index is 12.1. The number of rotatable bonds is 3. The molecular formula is C18H14BrNO. The van der Waals surface area contributed by atoms with Gasteiger partial charge in [-0.2, -0.15) is 0 Å². The molecule has 3 aromatic rings. The number of carbonyl (C=O) groups excluding carboxylic acids is 1. The van der Waals surface area contributed by atoms with Gasteiger partial charge in [0.25, 0.3) is 0 Å². The van der Waals surface area contributed by atoms with Crippen molar-refractivity contribution in [2.24, 2.45) is 0 Å². The van der Waals surface area contributed by atoms with Crippen molar-refractivity contribution in [2.45, 2.75) is 6.42 Å². The van der Waals surface area contributed by atoms with Crippen molar-refractivity contribution >= 4 is 38.3 Å². The fourth-order valence-electron chi connectivity index (χ4n) is 2.31. The van der Waals surface area contributed by atoms with Gasteiger partial charge in [0.05, 0.1) is 6.42 Å². The van der Waals surface area contributed by atoms with Crippen LogP contribution in [0.2, 0.25) is 0 Å². The number of nitrogens with one attached hydrogen (secondary N) is 1.